The molecule has 2 heteroatoms. The topological polar surface area (TPSA) is 0 Å². The molecular formula is C11H14S2. The van der Waals surface area contributed by atoms with Gasteiger partial charge in [0.15, 0.2) is 0 Å². The second-order valence-electron chi connectivity index (χ2n) is 3.44. The van der Waals surface area contributed by atoms with E-state index in [0.717, 1.165) is 0 Å². The summed E-state index contributed by atoms with van der Waals surface area (Å²) in [5, 5.41) is 0. The number of thiophene rings is 2. The highest BCUT2D eigenvalue weighted by Crippen LogP contribution is 2.37. The third kappa shape index (κ3) is 1.53. The van der Waals surface area contributed by atoms with Gasteiger partial charge in [0.05, 0.1) is 0 Å². The molecule has 0 radical (unpaired) electrons. The zero-order chi connectivity index (χ0) is 9.42. The van der Waals surface area contributed by atoms with Gasteiger partial charge in [0.1, 0.15) is 0 Å². The van der Waals surface area contributed by atoms with Crippen LogP contribution in [0.5, 0.6) is 0 Å². The first-order valence-corrected chi connectivity index (χ1v) is 6.34. The third-order valence-corrected chi connectivity index (χ3v) is 4.62. The summed E-state index contributed by atoms with van der Waals surface area (Å²) in [5.74, 6) is 0. The van der Waals surface area contributed by atoms with E-state index in [0.29, 0.717) is 0 Å². The molecule has 2 rings (SSSR count). The zero-order valence-corrected chi connectivity index (χ0v) is 9.94. The van der Waals surface area contributed by atoms with Crippen LogP contribution in [-0.2, 0) is 6.42 Å². The molecular weight excluding hydrogens is 196 g/mol. The molecule has 0 atom stereocenters. The van der Waals surface area contributed by atoms with E-state index >= 15 is 0 Å². The van der Waals surface area contributed by atoms with Crippen LogP contribution in [0.25, 0.3) is 9.40 Å². The van der Waals surface area contributed by atoms with Gasteiger partial charge in [0, 0.05) is 19.2 Å². The van der Waals surface area contributed by atoms with Gasteiger partial charge in [-0.3, -0.25) is 0 Å². The van der Waals surface area contributed by atoms with Crippen LogP contribution in [0.4, 0.5) is 0 Å². The summed E-state index contributed by atoms with van der Waals surface area (Å²) in [7, 11) is 0. The first kappa shape index (κ1) is 9.22. The number of rotatable bonds is 2. The molecule has 0 amide bonds. The molecule has 2 aromatic rings. The fourth-order valence-electron chi connectivity index (χ4n) is 1.70. The Bertz CT molecular complexity index is 420. The molecule has 0 spiro atoms. The SMILES string of the molecule is CCCc1c(C)sc2cc(C)sc12. The normalized spacial score (nSPS) is 11.3. The lowest BCUT2D eigenvalue weighted by atomic mass is 10.1. The molecule has 0 nitrogen and oxygen atoms in total. The lowest BCUT2D eigenvalue weighted by molar-refractivity contribution is 0.928. The maximum absolute atomic E-state index is 2.32. The van der Waals surface area contributed by atoms with E-state index in [1.54, 1.807) is 10.3 Å². The maximum Gasteiger partial charge on any atom is 0.0488 e. The molecule has 70 valence electrons. The molecule has 2 aromatic heterocycles. The minimum atomic E-state index is 1.24. The molecule has 0 aliphatic rings. The average molecular weight is 210 g/mol. The van der Waals surface area contributed by atoms with Crippen LogP contribution in [0, 0.1) is 13.8 Å². The van der Waals surface area contributed by atoms with Crippen molar-refractivity contribution >= 4 is 32.1 Å². The number of fused-ring (bicyclic) bond motifs is 1. The maximum atomic E-state index is 2.32. The van der Waals surface area contributed by atoms with Crippen molar-refractivity contribution in [2.45, 2.75) is 33.6 Å². The zero-order valence-electron chi connectivity index (χ0n) is 8.31. The van der Waals surface area contributed by atoms with Gasteiger partial charge in [0.25, 0.3) is 0 Å². The van der Waals surface area contributed by atoms with Crippen molar-refractivity contribution < 1.29 is 0 Å². The fraction of sp³-hybridized carbons (Fsp3) is 0.455. The van der Waals surface area contributed by atoms with Crippen molar-refractivity contribution in [3.8, 4) is 0 Å². The average Bonchev–Trinajstić information content (AvgIpc) is 2.52. The van der Waals surface area contributed by atoms with Gasteiger partial charge in [-0.05, 0) is 31.9 Å². The van der Waals surface area contributed by atoms with E-state index in [1.165, 1.54) is 27.3 Å². The molecule has 2 heterocycles. The van der Waals surface area contributed by atoms with Gasteiger partial charge in [-0.15, -0.1) is 22.7 Å². The number of hydrogen-bond donors (Lipinski definition) is 0. The van der Waals surface area contributed by atoms with Crippen LogP contribution < -0.4 is 0 Å². The first-order valence-electron chi connectivity index (χ1n) is 4.70. The van der Waals surface area contributed by atoms with Gasteiger partial charge < -0.3 is 0 Å². The molecule has 0 unspecified atom stereocenters. The highest BCUT2D eigenvalue weighted by atomic mass is 32.1. The summed E-state index contributed by atoms with van der Waals surface area (Å²) in [4.78, 5) is 2.96. The Balaban J connectivity index is 2.61. The molecule has 0 aliphatic heterocycles. The van der Waals surface area contributed by atoms with Crippen LogP contribution >= 0.6 is 22.7 Å². The Morgan fingerprint density at radius 2 is 2.00 bits per heavy atom. The third-order valence-electron chi connectivity index (χ3n) is 2.28. The highest BCUT2D eigenvalue weighted by molar-refractivity contribution is 7.28. The van der Waals surface area contributed by atoms with E-state index in [-0.39, 0.29) is 0 Å². The number of aryl methyl sites for hydroxylation is 3. The minimum absolute atomic E-state index is 1.24. The Kier molecular flexibility index (Phi) is 2.43. The molecule has 0 bridgehead atoms. The monoisotopic (exact) mass is 210 g/mol. The second kappa shape index (κ2) is 3.43. The van der Waals surface area contributed by atoms with Crippen LogP contribution in [-0.4, -0.2) is 0 Å². The summed E-state index contributed by atoms with van der Waals surface area (Å²) in [6.45, 7) is 6.70. The predicted molar refractivity (Wildman–Crippen MR) is 63.2 cm³/mol. The molecule has 13 heavy (non-hydrogen) atoms. The van der Waals surface area contributed by atoms with Crippen LogP contribution in [0.15, 0.2) is 6.07 Å². The summed E-state index contributed by atoms with van der Waals surface area (Å²) in [5.41, 5.74) is 1.60. The molecule has 0 N–H and O–H groups in total. The minimum Gasteiger partial charge on any atom is -0.139 e. The first-order chi connectivity index (χ1) is 6.22. The van der Waals surface area contributed by atoms with Gasteiger partial charge in [-0.1, -0.05) is 13.3 Å². The Morgan fingerprint density at radius 3 is 2.69 bits per heavy atom. The van der Waals surface area contributed by atoms with Crippen molar-refractivity contribution in [1.29, 1.82) is 0 Å². The van der Waals surface area contributed by atoms with E-state index in [9.17, 15) is 0 Å². The Labute approximate surface area is 87.2 Å². The van der Waals surface area contributed by atoms with Gasteiger partial charge >= 0.3 is 0 Å². The summed E-state index contributed by atoms with van der Waals surface area (Å²) >= 11 is 3.90. The standard InChI is InChI=1S/C11H14S2/c1-4-5-9-8(3)13-10-6-7(2)12-11(9)10/h6H,4-5H2,1-3H3. The smallest absolute Gasteiger partial charge is 0.0488 e. The van der Waals surface area contributed by atoms with Gasteiger partial charge in [-0.25, -0.2) is 0 Å². The fourth-order valence-corrected chi connectivity index (χ4v) is 4.24. The quantitative estimate of drug-likeness (QED) is 0.683. The van der Waals surface area contributed by atoms with Crippen LogP contribution in [0.3, 0.4) is 0 Å². The van der Waals surface area contributed by atoms with Crippen LogP contribution in [0.2, 0.25) is 0 Å². The largest absolute Gasteiger partial charge is 0.139 e. The van der Waals surface area contributed by atoms with Gasteiger partial charge in [0.2, 0.25) is 0 Å². The van der Waals surface area contributed by atoms with Crippen molar-refractivity contribution in [2.24, 2.45) is 0 Å². The van der Waals surface area contributed by atoms with Crippen molar-refractivity contribution in [2.75, 3.05) is 0 Å². The van der Waals surface area contributed by atoms with E-state index in [2.05, 4.69) is 26.8 Å². The molecule has 0 aromatic carbocycles. The molecule has 0 fully saturated rings. The lowest BCUT2D eigenvalue weighted by Gasteiger charge is -1.95. The van der Waals surface area contributed by atoms with Crippen molar-refractivity contribution in [3.63, 3.8) is 0 Å². The summed E-state index contributed by atoms with van der Waals surface area (Å²) < 4.78 is 3.03. The van der Waals surface area contributed by atoms with Crippen molar-refractivity contribution in [1.82, 2.24) is 0 Å². The number of hydrogen-bond acceptors (Lipinski definition) is 2. The predicted octanol–water partition coefficient (Wildman–Crippen LogP) is 4.53. The van der Waals surface area contributed by atoms with E-state index in [4.69, 9.17) is 0 Å². The van der Waals surface area contributed by atoms with E-state index in [1.807, 2.05) is 22.7 Å². The van der Waals surface area contributed by atoms with Crippen molar-refractivity contribution in [3.05, 3.63) is 21.4 Å². The molecule has 0 aliphatic carbocycles. The molecule has 0 saturated heterocycles. The Hall–Kier alpha value is -0.340. The Morgan fingerprint density at radius 1 is 1.23 bits per heavy atom. The van der Waals surface area contributed by atoms with E-state index < -0.39 is 0 Å². The highest BCUT2D eigenvalue weighted by Gasteiger charge is 2.10. The molecule has 0 saturated carbocycles. The second-order valence-corrected chi connectivity index (χ2v) is 5.95. The van der Waals surface area contributed by atoms with Crippen LogP contribution in [0.1, 0.15) is 28.7 Å². The summed E-state index contributed by atoms with van der Waals surface area (Å²) in [6.07, 6.45) is 2.50. The lowest BCUT2D eigenvalue weighted by Crippen LogP contribution is -1.80. The van der Waals surface area contributed by atoms with Gasteiger partial charge in [-0.2, -0.15) is 0 Å². The summed E-state index contributed by atoms with van der Waals surface area (Å²) in [6, 6.07) is 2.32.